The highest BCUT2D eigenvalue weighted by atomic mass is 31.2. The molecule has 11 amide bonds. The lowest BCUT2D eigenvalue weighted by atomic mass is 10.1. The maximum Gasteiger partial charge on any atom is 0.472 e. The number of phosphoric acid groups is 1. The van der Waals surface area contributed by atoms with Crippen molar-refractivity contribution in [1.82, 2.24) is 51.1 Å². The minimum atomic E-state index is -4.75. The van der Waals surface area contributed by atoms with E-state index < -0.39 is 280 Å². The number of phosphoric ester groups is 1. The highest BCUT2D eigenvalue weighted by molar-refractivity contribution is 7.47. The summed E-state index contributed by atoms with van der Waals surface area (Å²) in [5, 5.41) is 48.9. The summed E-state index contributed by atoms with van der Waals surface area (Å²) < 4.78 is 34.3. The van der Waals surface area contributed by atoms with E-state index >= 15 is 0 Å². The van der Waals surface area contributed by atoms with Crippen LogP contribution in [-0.2, 0) is 133 Å². The molecule has 0 bridgehead atoms. The molecule has 0 saturated heterocycles. The number of imide groups is 1. The third-order valence-electron chi connectivity index (χ3n) is 21.3. The first kappa shape index (κ1) is 125. The van der Waals surface area contributed by atoms with Gasteiger partial charge in [-0.1, -0.05) is 141 Å². The van der Waals surface area contributed by atoms with Gasteiger partial charge in [-0.3, -0.25) is 124 Å². The molecule has 0 spiro atoms. The first-order chi connectivity index (χ1) is 65.8. The van der Waals surface area contributed by atoms with Gasteiger partial charge in [0, 0.05) is 122 Å². The Morgan fingerprint density at radius 3 is 1.14 bits per heavy atom. The second-order valence-electron chi connectivity index (χ2n) is 33.6. The van der Waals surface area contributed by atoms with Crippen molar-refractivity contribution in [1.29, 1.82) is 0 Å². The topological polar surface area (TPSA) is 624 Å². The summed E-state index contributed by atoms with van der Waals surface area (Å²) in [5.74, 6) is -20.6. The quantitative estimate of drug-likeness (QED) is 0.00977. The molecule has 2 atom stereocenters. The second kappa shape index (κ2) is 77.5. The molecular formula is C94H147N10O33P. The number of amides is 11. The van der Waals surface area contributed by atoms with Crippen LogP contribution in [0.2, 0.25) is 0 Å². The maximum atomic E-state index is 13.1. The first-order valence-corrected chi connectivity index (χ1v) is 49.5. The smallest absolute Gasteiger partial charge is 0.472 e. The van der Waals surface area contributed by atoms with E-state index in [0.29, 0.717) is 32.4 Å². The van der Waals surface area contributed by atoms with Crippen LogP contribution in [0.5, 0.6) is 0 Å². The number of hydrogen-bond donors (Lipinski definition) is 10. The predicted octanol–water partition coefficient (Wildman–Crippen LogP) is 6.86. The Hall–Kier alpha value is -11.5. The number of nitrogens with one attached hydrogen (secondary N) is 5. The molecule has 776 valence electrons. The third kappa shape index (κ3) is 69.4. The number of nitrogens with zero attached hydrogens (tertiary/aromatic N) is 5. The van der Waals surface area contributed by atoms with Crippen molar-refractivity contribution in [2.45, 2.75) is 309 Å². The number of carboxylic acid groups (broad SMARTS) is 4. The standard InChI is InChI=1S/C94H147N10O33P/c1-3-5-7-9-11-13-15-17-19-21-23-25-27-29-31-41-93(130)134-69-77(137-94(131)42-32-30-28-26-24-22-20-18-16-14-12-10-8-6-4-2)70-136-138(132,133)135-56-36-39-71(105)37-33-34-40-78(111)96-57-73(107)45-49-84(117)101(66-90(124)125)62-76(110)44-48-80(113)99-59-87(120)102(67-91(126)127)63-81(114)95-54-35-38-75(109)61-100(65-89(122)123)83(116)50-46-74(108)58-97-82(115)64-103(68-92(128)129)88(121)60-98-79(112)47-43-72(106)53-55-104-85(118)51-52-86(104)119/h17-20,51-52,77H,3-16,21-50,53-70H2,1-2H3,(H,95,114)(H,96,111)(H,97,115)(H,98,112)(H,99,113)(H,122,123)(H,124,125)(H,126,127)(H,128,129)(H,132,133)/b19-17+,20-18+. The Kier molecular flexibility index (Phi) is 69.9. The summed E-state index contributed by atoms with van der Waals surface area (Å²) in [4.78, 5) is 300. The van der Waals surface area contributed by atoms with Crippen molar-refractivity contribution in [2.24, 2.45) is 0 Å². The lowest BCUT2D eigenvalue weighted by molar-refractivity contribution is -0.161. The van der Waals surface area contributed by atoms with Crippen LogP contribution < -0.4 is 26.6 Å². The van der Waals surface area contributed by atoms with Gasteiger partial charge in [0.2, 0.25) is 53.2 Å². The van der Waals surface area contributed by atoms with Crippen LogP contribution in [-0.4, -0.2) is 303 Å². The van der Waals surface area contributed by atoms with Crippen LogP contribution in [0.15, 0.2) is 36.5 Å². The lowest BCUT2D eigenvalue weighted by Gasteiger charge is -2.21. The van der Waals surface area contributed by atoms with Gasteiger partial charge in [-0.25, -0.2) is 4.57 Å². The van der Waals surface area contributed by atoms with Gasteiger partial charge in [-0.05, 0) is 89.9 Å². The van der Waals surface area contributed by atoms with Crippen LogP contribution >= 0.6 is 7.82 Å². The van der Waals surface area contributed by atoms with Gasteiger partial charge >= 0.3 is 43.6 Å². The molecule has 0 aromatic rings. The molecule has 2 unspecified atom stereocenters. The number of allylic oxidation sites excluding steroid dienone is 4. The largest absolute Gasteiger partial charge is 0.480 e. The van der Waals surface area contributed by atoms with E-state index in [1.807, 2.05) is 0 Å². The summed E-state index contributed by atoms with van der Waals surface area (Å²) in [6, 6.07) is 0. The zero-order valence-electron chi connectivity index (χ0n) is 80.2. The summed E-state index contributed by atoms with van der Waals surface area (Å²) in [6.45, 7) is -7.91. The predicted molar refractivity (Wildman–Crippen MR) is 498 cm³/mol. The highest BCUT2D eigenvalue weighted by Crippen LogP contribution is 2.43. The SMILES string of the molecule is CCCCCCCC/C=C/CCCCCCCC(=O)OCC(COP(=O)(O)OCCCC(=O)CCCCC(=O)NCC(=O)CCC(=O)N(CC(=O)O)CC(=O)CCC(=O)NCC(=O)N(CC(=O)O)CC(=O)NCCCC(=O)CN(CC(=O)O)C(=O)CCC(=O)CNC(=O)CN(CC(=O)O)C(=O)CNC(=O)CCC(=O)CCN1C(=O)C=CC1=O)OC(=O)CCCCCCC/C=C/CCCCCCCC. The molecule has 0 fully saturated rings. The number of unbranched alkanes of at least 4 members (excludes halogenated alkanes) is 23. The number of carbonyl (C=O) groups excluding carboxylic acids is 19. The normalized spacial score (nSPS) is 12.3. The number of rotatable bonds is 89. The molecule has 138 heavy (non-hydrogen) atoms. The Labute approximate surface area is 806 Å². The fourth-order valence-corrected chi connectivity index (χ4v) is 14.4. The van der Waals surface area contributed by atoms with E-state index in [1.54, 1.807) is 0 Å². The molecule has 1 aliphatic rings. The van der Waals surface area contributed by atoms with Gasteiger partial charge in [-0.2, -0.15) is 0 Å². The van der Waals surface area contributed by atoms with Crippen molar-refractivity contribution in [3.05, 3.63) is 36.5 Å². The molecule has 44 heteroatoms. The Morgan fingerprint density at radius 1 is 0.333 bits per heavy atom. The lowest BCUT2D eigenvalue weighted by Crippen LogP contribution is -2.47. The summed E-state index contributed by atoms with van der Waals surface area (Å²) >= 11 is 0. The number of carbonyl (C=O) groups is 23. The minimum Gasteiger partial charge on any atom is -0.480 e. The molecule has 1 aliphatic heterocycles. The van der Waals surface area contributed by atoms with Crippen molar-refractivity contribution >= 4 is 143 Å². The Bertz CT molecular complexity index is 4060. The average Bonchev–Trinajstić information content (AvgIpc) is 1.73. The van der Waals surface area contributed by atoms with E-state index in [2.05, 4.69) is 64.7 Å². The zero-order chi connectivity index (χ0) is 103. The van der Waals surface area contributed by atoms with Gasteiger partial charge in [-0.15, -0.1) is 0 Å². The fourth-order valence-electron chi connectivity index (χ4n) is 13.6. The number of aliphatic carboxylic acids is 4. The molecule has 10 N–H and O–H groups in total. The molecule has 0 aromatic carbocycles. The number of carboxylic acids is 4. The minimum absolute atomic E-state index is 0.0222. The zero-order valence-corrected chi connectivity index (χ0v) is 81.1. The van der Waals surface area contributed by atoms with Gasteiger partial charge in [0.25, 0.3) is 11.8 Å². The summed E-state index contributed by atoms with van der Waals surface area (Å²) in [6.07, 6.45) is 33.7. The number of hydrogen-bond acceptors (Lipinski definition) is 28. The first-order valence-electron chi connectivity index (χ1n) is 48.0. The van der Waals surface area contributed by atoms with Gasteiger partial charge in [0.1, 0.15) is 57.4 Å². The van der Waals surface area contributed by atoms with Crippen LogP contribution in [0, 0.1) is 0 Å². The van der Waals surface area contributed by atoms with E-state index in [0.717, 1.165) is 94.1 Å². The summed E-state index contributed by atoms with van der Waals surface area (Å²) in [7, 11) is -4.75. The van der Waals surface area contributed by atoms with Crippen molar-refractivity contribution in [2.75, 3.05) is 111 Å². The van der Waals surface area contributed by atoms with Crippen molar-refractivity contribution in [3.8, 4) is 0 Å². The summed E-state index contributed by atoms with van der Waals surface area (Å²) in [5.41, 5.74) is 0. The Balaban J connectivity index is 2.55. The molecule has 0 radical (unpaired) electrons. The number of ketones is 6. The van der Waals surface area contributed by atoms with Crippen LogP contribution in [0.4, 0.5) is 0 Å². The number of Topliss-reactive ketones (excluding diaryl/α,β-unsaturated/α-hetero) is 6. The Morgan fingerprint density at radius 2 is 0.681 bits per heavy atom. The van der Waals surface area contributed by atoms with Crippen molar-refractivity contribution < 1.29 is 159 Å². The van der Waals surface area contributed by atoms with E-state index in [4.69, 9.17) is 18.5 Å². The molecule has 0 aliphatic carbocycles. The maximum absolute atomic E-state index is 13.1. The van der Waals surface area contributed by atoms with Crippen LogP contribution in [0.3, 0.4) is 0 Å². The van der Waals surface area contributed by atoms with Gasteiger partial charge < -0.3 is 81.0 Å². The second-order valence-corrected chi connectivity index (χ2v) is 35.1. The number of esters is 2. The molecule has 0 saturated carbocycles. The van der Waals surface area contributed by atoms with Crippen molar-refractivity contribution in [3.63, 3.8) is 0 Å². The van der Waals surface area contributed by atoms with E-state index in [1.165, 1.54) is 77.0 Å². The highest BCUT2D eigenvalue weighted by Gasteiger charge is 2.31. The van der Waals surface area contributed by atoms with Gasteiger partial charge in [0.15, 0.2) is 29.2 Å². The molecule has 43 nitrogen and oxygen atoms in total. The monoisotopic (exact) mass is 1970 g/mol. The average molecular weight is 1980 g/mol. The molecule has 1 rings (SSSR count). The van der Waals surface area contributed by atoms with Crippen LogP contribution in [0.1, 0.15) is 303 Å². The molecule has 0 aromatic heterocycles. The molecule has 1 heterocycles. The molecular weight excluding hydrogens is 1830 g/mol. The van der Waals surface area contributed by atoms with E-state index in [9.17, 15) is 140 Å². The third-order valence-corrected chi connectivity index (χ3v) is 22.3. The van der Waals surface area contributed by atoms with E-state index in [-0.39, 0.29) is 103 Å². The fraction of sp³-hybridized carbons (Fsp3) is 0.691. The van der Waals surface area contributed by atoms with Crippen LogP contribution in [0.25, 0.3) is 0 Å². The number of ether oxygens (including phenoxy) is 2. The van der Waals surface area contributed by atoms with Gasteiger partial charge in [0.05, 0.1) is 52.5 Å².